The summed E-state index contributed by atoms with van der Waals surface area (Å²) in [7, 11) is -3.14. The van der Waals surface area contributed by atoms with Crippen LogP contribution in [0.5, 0.6) is 0 Å². The Kier molecular flexibility index (Phi) is 3.91. The third-order valence-electron chi connectivity index (χ3n) is 2.45. The molecule has 1 amide bonds. The van der Waals surface area contributed by atoms with Gasteiger partial charge in [-0.05, 0) is 28.1 Å². The first kappa shape index (κ1) is 14.0. The van der Waals surface area contributed by atoms with Crippen molar-refractivity contribution in [3.63, 3.8) is 0 Å². The zero-order valence-corrected chi connectivity index (χ0v) is 12.5. The highest BCUT2D eigenvalue weighted by atomic mass is 79.9. The van der Waals surface area contributed by atoms with Crippen molar-refractivity contribution in [3.05, 3.63) is 22.8 Å². The Labute approximate surface area is 118 Å². The van der Waals surface area contributed by atoms with Crippen molar-refractivity contribution in [2.45, 2.75) is 6.42 Å². The minimum absolute atomic E-state index is 0.0824. The fraction of sp³-hybridized carbons (Fsp3) is 0.273. The average Bonchev–Trinajstić information content (AvgIpc) is 2.74. The molecule has 0 atom stereocenters. The topological polar surface area (TPSA) is 91.9 Å². The number of aromatic amines is 1. The van der Waals surface area contributed by atoms with Crippen LogP contribution in [0.2, 0.25) is 0 Å². The maximum absolute atomic E-state index is 11.6. The highest BCUT2D eigenvalue weighted by molar-refractivity contribution is 9.10. The number of nitrogens with zero attached hydrogens (tertiary/aromatic N) is 1. The van der Waals surface area contributed by atoms with E-state index in [0.717, 1.165) is 16.1 Å². The van der Waals surface area contributed by atoms with E-state index in [1.54, 1.807) is 12.3 Å². The molecular formula is C11H12BrN3O3S. The van der Waals surface area contributed by atoms with E-state index in [0.29, 0.717) is 11.5 Å². The van der Waals surface area contributed by atoms with Crippen molar-refractivity contribution in [2.24, 2.45) is 0 Å². The molecule has 6 nitrogen and oxygen atoms in total. The molecule has 0 saturated carbocycles. The lowest BCUT2D eigenvalue weighted by molar-refractivity contribution is -0.115. The Balaban J connectivity index is 2.10. The SMILES string of the molecule is CS(=O)(=O)CCC(=O)Nc1cc(Br)c2cc[nH]c2n1. The molecule has 8 heteroatoms. The average molecular weight is 346 g/mol. The number of rotatable bonds is 4. The number of nitrogens with one attached hydrogen (secondary N) is 2. The van der Waals surface area contributed by atoms with E-state index in [1.807, 2.05) is 6.07 Å². The normalized spacial score (nSPS) is 11.7. The summed E-state index contributed by atoms with van der Waals surface area (Å²) in [5.74, 6) is -0.179. The summed E-state index contributed by atoms with van der Waals surface area (Å²) in [5, 5.41) is 3.48. The number of hydrogen-bond acceptors (Lipinski definition) is 4. The van der Waals surface area contributed by atoms with Crippen molar-refractivity contribution < 1.29 is 13.2 Å². The zero-order valence-electron chi connectivity index (χ0n) is 10.1. The van der Waals surface area contributed by atoms with E-state index < -0.39 is 9.84 Å². The fourth-order valence-electron chi connectivity index (χ4n) is 1.54. The summed E-state index contributed by atoms with van der Waals surface area (Å²) >= 11 is 3.38. The van der Waals surface area contributed by atoms with Crippen molar-refractivity contribution >= 4 is 48.5 Å². The van der Waals surface area contributed by atoms with Gasteiger partial charge in [0.15, 0.2) is 0 Å². The lowest BCUT2D eigenvalue weighted by Crippen LogP contribution is -2.17. The smallest absolute Gasteiger partial charge is 0.226 e. The Morgan fingerprint density at radius 2 is 2.26 bits per heavy atom. The van der Waals surface area contributed by atoms with Crippen LogP contribution in [0.15, 0.2) is 22.8 Å². The quantitative estimate of drug-likeness (QED) is 0.881. The Bertz CT molecular complexity index is 724. The largest absolute Gasteiger partial charge is 0.346 e. The van der Waals surface area contributed by atoms with Crippen molar-refractivity contribution in [3.8, 4) is 0 Å². The van der Waals surface area contributed by atoms with Crippen molar-refractivity contribution in [2.75, 3.05) is 17.3 Å². The first-order valence-corrected chi connectivity index (χ1v) is 8.32. The van der Waals surface area contributed by atoms with E-state index in [-0.39, 0.29) is 18.1 Å². The molecule has 0 spiro atoms. The Hall–Kier alpha value is -1.41. The van der Waals surface area contributed by atoms with Crippen LogP contribution in [-0.2, 0) is 14.6 Å². The number of amides is 1. The molecule has 2 aromatic rings. The second kappa shape index (κ2) is 5.30. The highest BCUT2D eigenvalue weighted by Crippen LogP contribution is 2.24. The Morgan fingerprint density at radius 1 is 1.53 bits per heavy atom. The van der Waals surface area contributed by atoms with Crippen LogP contribution in [0.1, 0.15) is 6.42 Å². The van der Waals surface area contributed by atoms with Crippen LogP contribution < -0.4 is 5.32 Å². The number of pyridine rings is 1. The lowest BCUT2D eigenvalue weighted by atomic mass is 10.3. The second-order valence-electron chi connectivity index (χ2n) is 4.16. The molecule has 0 saturated heterocycles. The molecule has 0 radical (unpaired) electrons. The molecule has 0 aliphatic rings. The minimum atomic E-state index is -3.14. The van der Waals surface area contributed by atoms with E-state index >= 15 is 0 Å². The van der Waals surface area contributed by atoms with Gasteiger partial charge in [0.05, 0.1) is 5.75 Å². The second-order valence-corrected chi connectivity index (χ2v) is 7.27. The van der Waals surface area contributed by atoms with Crippen LogP contribution in [0.3, 0.4) is 0 Å². The van der Waals surface area contributed by atoms with Gasteiger partial charge in [-0.25, -0.2) is 13.4 Å². The van der Waals surface area contributed by atoms with Gasteiger partial charge in [-0.2, -0.15) is 0 Å². The van der Waals surface area contributed by atoms with Crippen LogP contribution in [0.25, 0.3) is 11.0 Å². The lowest BCUT2D eigenvalue weighted by Gasteiger charge is -2.05. The van der Waals surface area contributed by atoms with Crippen molar-refractivity contribution in [1.29, 1.82) is 0 Å². The first-order valence-electron chi connectivity index (χ1n) is 5.46. The van der Waals surface area contributed by atoms with Gasteiger partial charge in [-0.3, -0.25) is 4.79 Å². The van der Waals surface area contributed by atoms with Crippen LogP contribution in [-0.4, -0.2) is 36.3 Å². The van der Waals surface area contributed by atoms with Crippen molar-refractivity contribution in [1.82, 2.24) is 9.97 Å². The first-order chi connectivity index (χ1) is 8.85. The molecule has 19 heavy (non-hydrogen) atoms. The fourth-order valence-corrected chi connectivity index (χ4v) is 2.64. The standard InChI is InChI=1S/C11H12BrN3O3S/c1-19(17,18)5-3-10(16)14-9-6-8(12)7-2-4-13-11(7)15-9/h2,4,6H,3,5H2,1H3,(H2,13,14,15,16). The summed E-state index contributed by atoms with van der Waals surface area (Å²) in [4.78, 5) is 18.8. The summed E-state index contributed by atoms with van der Waals surface area (Å²) in [5.41, 5.74) is 0.646. The highest BCUT2D eigenvalue weighted by Gasteiger charge is 2.10. The molecule has 0 unspecified atom stereocenters. The number of aromatic nitrogens is 2. The molecule has 0 aliphatic carbocycles. The van der Waals surface area contributed by atoms with Gasteiger partial charge in [-0.1, -0.05) is 0 Å². The Morgan fingerprint density at radius 3 is 2.95 bits per heavy atom. The van der Waals surface area contributed by atoms with E-state index in [1.165, 1.54) is 0 Å². The van der Waals surface area contributed by atoms with E-state index in [4.69, 9.17) is 0 Å². The van der Waals surface area contributed by atoms with Gasteiger partial charge in [-0.15, -0.1) is 0 Å². The maximum atomic E-state index is 11.6. The van der Waals surface area contributed by atoms with E-state index in [9.17, 15) is 13.2 Å². The van der Waals surface area contributed by atoms with E-state index in [2.05, 4.69) is 31.2 Å². The number of anilines is 1. The number of halogens is 1. The molecule has 2 heterocycles. The summed E-state index contributed by atoms with van der Waals surface area (Å²) in [6, 6.07) is 3.54. The molecule has 0 bridgehead atoms. The monoisotopic (exact) mass is 345 g/mol. The number of H-pyrrole nitrogens is 1. The maximum Gasteiger partial charge on any atom is 0.226 e. The molecule has 2 rings (SSSR count). The molecule has 0 fully saturated rings. The molecule has 102 valence electrons. The van der Waals surface area contributed by atoms with Crippen LogP contribution >= 0.6 is 15.9 Å². The van der Waals surface area contributed by atoms with Gasteiger partial charge in [0.25, 0.3) is 0 Å². The summed E-state index contributed by atoms with van der Waals surface area (Å²) in [6.45, 7) is 0. The third-order valence-corrected chi connectivity index (χ3v) is 4.05. The van der Waals surface area contributed by atoms with Gasteiger partial charge in [0.2, 0.25) is 5.91 Å². The predicted octanol–water partition coefficient (Wildman–Crippen LogP) is 1.70. The molecule has 2 aromatic heterocycles. The number of carbonyl (C=O) groups is 1. The van der Waals surface area contributed by atoms with Crippen LogP contribution in [0.4, 0.5) is 5.82 Å². The minimum Gasteiger partial charge on any atom is -0.346 e. The van der Waals surface area contributed by atoms with Gasteiger partial charge < -0.3 is 10.3 Å². The van der Waals surface area contributed by atoms with Crippen LogP contribution in [0, 0.1) is 0 Å². The molecule has 2 N–H and O–H groups in total. The summed E-state index contributed by atoms with van der Waals surface area (Å²) in [6.07, 6.45) is 2.76. The molecule has 0 aliphatic heterocycles. The molecular weight excluding hydrogens is 334 g/mol. The number of carbonyl (C=O) groups excluding carboxylic acids is 1. The zero-order chi connectivity index (χ0) is 14.0. The third kappa shape index (κ3) is 3.77. The molecule has 0 aromatic carbocycles. The van der Waals surface area contributed by atoms with Gasteiger partial charge >= 0.3 is 0 Å². The van der Waals surface area contributed by atoms with Gasteiger partial charge in [0, 0.05) is 28.7 Å². The number of hydrogen-bond donors (Lipinski definition) is 2. The number of sulfone groups is 1. The number of fused-ring (bicyclic) bond motifs is 1. The van der Waals surface area contributed by atoms with Gasteiger partial charge in [0.1, 0.15) is 21.3 Å². The predicted molar refractivity (Wildman–Crippen MR) is 76.8 cm³/mol. The summed E-state index contributed by atoms with van der Waals surface area (Å²) < 4.78 is 22.8.